The maximum absolute atomic E-state index is 10.9. The van der Waals surface area contributed by atoms with E-state index >= 15 is 0 Å². The normalized spacial score (nSPS) is 12.2. The molecular formula is C12H14IN5O2. The summed E-state index contributed by atoms with van der Waals surface area (Å²) in [6.45, 7) is 4.06. The van der Waals surface area contributed by atoms with Crippen molar-refractivity contribution in [2.75, 3.05) is 5.73 Å². The highest BCUT2D eigenvalue weighted by Crippen LogP contribution is 2.25. The Labute approximate surface area is 129 Å². The third kappa shape index (κ3) is 3.00. The molecule has 0 saturated carbocycles. The lowest BCUT2D eigenvalue weighted by Gasteiger charge is -2.16. The molecule has 1 atom stereocenters. The largest absolute Gasteiger partial charge is 0.444 e. The molecule has 2 heterocycles. The van der Waals surface area contributed by atoms with Crippen LogP contribution in [-0.2, 0) is 11.3 Å². The van der Waals surface area contributed by atoms with Crippen molar-refractivity contribution in [3.63, 3.8) is 0 Å². The van der Waals surface area contributed by atoms with Crippen molar-refractivity contribution in [1.29, 1.82) is 0 Å². The molecule has 0 aromatic carbocycles. The zero-order valence-corrected chi connectivity index (χ0v) is 12.8. The third-order valence-corrected chi connectivity index (χ3v) is 3.57. The molecule has 2 aromatic heterocycles. The van der Waals surface area contributed by atoms with Crippen LogP contribution < -0.4 is 11.5 Å². The van der Waals surface area contributed by atoms with Crippen LogP contribution in [0.25, 0.3) is 11.0 Å². The standard InChI is InChI=1S/C12H14IN5O2/c1-2-3-7(20-12(15)19)4-18-5-8(13)9-10(14)16-6-17-11(9)18/h2,5-7H,1,3-4H2,(H2,15,19)(H2,14,16,17)/t7-/m0/s1. The van der Waals surface area contributed by atoms with Gasteiger partial charge in [-0.1, -0.05) is 6.08 Å². The Morgan fingerprint density at radius 2 is 2.35 bits per heavy atom. The number of carbonyl (C=O) groups is 1. The van der Waals surface area contributed by atoms with E-state index in [2.05, 4.69) is 39.1 Å². The first-order chi connectivity index (χ1) is 9.52. The summed E-state index contributed by atoms with van der Waals surface area (Å²) in [5.74, 6) is 0.425. The molecule has 1 amide bonds. The first kappa shape index (κ1) is 14.6. The van der Waals surface area contributed by atoms with E-state index in [9.17, 15) is 4.79 Å². The van der Waals surface area contributed by atoms with Gasteiger partial charge in [0.15, 0.2) is 0 Å². The van der Waals surface area contributed by atoms with Crippen LogP contribution >= 0.6 is 22.6 Å². The summed E-state index contributed by atoms with van der Waals surface area (Å²) in [4.78, 5) is 19.1. The second-order valence-corrected chi connectivity index (χ2v) is 5.33. The minimum atomic E-state index is -0.808. The Morgan fingerprint density at radius 3 is 3.00 bits per heavy atom. The average molecular weight is 387 g/mol. The van der Waals surface area contributed by atoms with Gasteiger partial charge < -0.3 is 20.8 Å². The van der Waals surface area contributed by atoms with E-state index < -0.39 is 12.2 Å². The SMILES string of the molecule is C=CC[C@@H](Cn1cc(I)c2c(N)ncnc21)OC(N)=O. The second kappa shape index (κ2) is 6.07. The number of rotatable bonds is 5. The number of amides is 1. The molecule has 7 nitrogen and oxygen atoms in total. The number of nitrogens with zero attached hydrogens (tertiary/aromatic N) is 3. The molecule has 4 N–H and O–H groups in total. The summed E-state index contributed by atoms with van der Waals surface area (Å²) in [5, 5.41) is 0.796. The van der Waals surface area contributed by atoms with E-state index in [1.807, 2.05) is 10.8 Å². The fraction of sp³-hybridized carbons (Fsp3) is 0.250. The lowest BCUT2D eigenvalue weighted by molar-refractivity contribution is 0.0980. The van der Waals surface area contributed by atoms with Crippen molar-refractivity contribution in [3.8, 4) is 0 Å². The number of ether oxygens (including phenoxy) is 1. The molecule has 0 aliphatic carbocycles. The lowest BCUT2D eigenvalue weighted by Crippen LogP contribution is -2.26. The molecule has 0 radical (unpaired) electrons. The summed E-state index contributed by atoms with van der Waals surface area (Å²) in [7, 11) is 0. The minimum absolute atomic E-state index is 0.396. The van der Waals surface area contributed by atoms with Gasteiger partial charge in [0.1, 0.15) is 23.9 Å². The highest BCUT2D eigenvalue weighted by atomic mass is 127. The van der Waals surface area contributed by atoms with Gasteiger partial charge in [-0.15, -0.1) is 6.58 Å². The quantitative estimate of drug-likeness (QED) is 0.599. The Balaban J connectivity index is 2.35. The van der Waals surface area contributed by atoms with Crippen LogP contribution in [0, 0.1) is 3.57 Å². The van der Waals surface area contributed by atoms with E-state index in [4.69, 9.17) is 16.2 Å². The Morgan fingerprint density at radius 1 is 1.60 bits per heavy atom. The summed E-state index contributed by atoms with van der Waals surface area (Å²) in [6.07, 6.45) is 4.26. The lowest BCUT2D eigenvalue weighted by atomic mass is 10.2. The third-order valence-electron chi connectivity index (χ3n) is 2.75. The Hall–Kier alpha value is -1.84. The van der Waals surface area contributed by atoms with Crippen molar-refractivity contribution in [3.05, 3.63) is 28.7 Å². The van der Waals surface area contributed by atoms with Crippen LogP contribution in [0.1, 0.15) is 6.42 Å². The Kier molecular flexibility index (Phi) is 4.42. The molecule has 0 saturated heterocycles. The number of hydrogen-bond donors (Lipinski definition) is 2. The zero-order chi connectivity index (χ0) is 14.7. The van der Waals surface area contributed by atoms with Gasteiger partial charge in [0.2, 0.25) is 0 Å². The van der Waals surface area contributed by atoms with Crippen LogP contribution in [0.4, 0.5) is 10.6 Å². The van der Waals surface area contributed by atoms with Crippen LogP contribution in [0.2, 0.25) is 0 Å². The molecule has 8 heteroatoms. The van der Waals surface area contributed by atoms with Crippen molar-refractivity contribution in [2.45, 2.75) is 19.1 Å². The van der Waals surface area contributed by atoms with Gasteiger partial charge in [-0.2, -0.15) is 0 Å². The number of hydrogen-bond acceptors (Lipinski definition) is 5. The molecule has 2 aromatic rings. The van der Waals surface area contributed by atoms with E-state index in [1.165, 1.54) is 6.33 Å². The number of fused-ring (bicyclic) bond motifs is 1. The summed E-state index contributed by atoms with van der Waals surface area (Å²) >= 11 is 2.16. The number of nitrogen functional groups attached to an aromatic ring is 1. The molecule has 0 spiro atoms. The van der Waals surface area contributed by atoms with Crippen molar-refractivity contribution in [1.82, 2.24) is 14.5 Å². The van der Waals surface area contributed by atoms with E-state index in [0.717, 1.165) is 8.96 Å². The molecule has 20 heavy (non-hydrogen) atoms. The van der Waals surface area contributed by atoms with E-state index in [1.54, 1.807) is 6.08 Å². The summed E-state index contributed by atoms with van der Waals surface area (Å²) in [6, 6.07) is 0. The minimum Gasteiger partial charge on any atom is -0.444 e. The fourth-order valence-electron chi connectivity index (χ4n) is 1.97. The van der Waals surface area contributed by atoms with Crippen molar-refractivity contribution >= 4 is 45.5 Å². The maximum atomic E-state index is 10.9. The van der Waals surface area contributed by atoms with Gasteiger partial charge in [-0.3, -0.25) is 0 Å². The van der Waals surface area contributed by atoms with Crippen molar-refractivity contribution in [2.24, 2.45) is 5.73 Å². The number of nitrogens with two attached hydrogens (primary N) is 2. The number of carbonyl (C=O) groups excluding carboxylic acids is 1. The molecule has 0 aliphatic heterocycles. The smallest absolute Gasteiger partial charge is 0.404 e. The van der Waals surface area contributed by atoms with Gasteiger partial charge >= 0.3 is 6.09 Å². The first-order valence-corrected chi connectivity index (χ1v) is 6.92. The molecule has 0 unspecified atom stereocenters. The molecule has 0 bridgehead atoms. The summed E-state index contributed by atoms with van der Waals surface area (Å²) in [5.41, 5.74) is 11.6. The highest BCUT2D eigenvalue weighted by molar-refractivity contribution is 14.1. The van der Waals surface area contributed by atoms with Gasteiger partial charge in [0, 0.05) is 16.2 Å². The topological polar surface area (TPSA) is 109 Å². The molecule has 0 aliphatic rings. The summed E-state index contributed by atoms with van der Waals surface area (Å²) < 4.78 is 7.86. The monoisotopic (exact) mass is 387 g/mol. The van der Waals surface area contributed by atoms with Crippen molar-refractivity contribution < 1.29 is 9.53 Å². The predicted octanol–water partition coefficient (Wildman–Crippen LogP) is 1.66. The van der Waals surface area contributed by atoms with Gasteiger partial charge in [-0.05, 0) is 22.6 Å². The van der Waals surface area contributed by atoms with Crippen LogP contribution in [0.15, 0.2) is 25.2 Å². The number of primary amides is 1. The first-order valence-electron chi connectivity index (χ1n) is 5.84. The highest BCUT2D eigenvalue weighted by Gasteiger charge is 2.16. The second-order valence-electron chi connectivity index (χ2n) is 4.17. The Bertz CT molecular complexity index is 655. The molecular weight excluding hydrogens is 373 g/mol. The van der Waals surface area contributed by atoms with E-state index in [-0.39, 0.29) is 0 Å². The average Bonchev–Trinajstić information content (AvgIpc) is 2.67. The van der Waals surface area contributed by atoms with Crippen LogP contribution in [-0.4, -0.2) is 26.7 Å². The van der Waals surface area contributed by atoms with Crippen LogP contribution in [0.3, 0.4) is 0 Å². The maximum Gasteiger partial charge on any atom is 0.404 e. The van der Waals surface area contributed by atoms with Crippen LogP contribution in [0.5, 0.6) is 0 Å². The zero-order valence-electron chi connectivity index (χ0n) is 10.6. The van der Waals surface area contributed by atoms with E-state index in [0.29, 0.717) is 24.4 Å². The molecule has 2 rings (SSSR count). The molecule has 106 valence electrons. The predicted molar refractivity (Wildman–Crippen MR) is 83.9 cm³/mol. The number of aromatic nitrogens is 3. The van der Waals surface area contributed by atoms with Gasteiger partial charge in [0.25, 0.3) is 0 Å². The number of halogens is 1. The van der Waals surface area contributed by atoms with Gasteiger partial charge in [-0.25, -0.2) is 14.8 Å². The van der Waals surface area contributed by atoms with Gasteiger partial charge in [0.05, 0.1) is 11.9 Å². The number of anilines is 1. The fourth-order valence-corrected chi connectivity index (χ4v) is 2.82. The molecule has 0 fully saturated rings.